The lowest BCUT2D eigenvalue weighted by Gasteiger charge is -2.36. The number of amides is 1. The van der Waals surface area contributed by atoms with Crippen LogP contribution in [0.5, 0.6) is 0 Å². The summed E-state index contributed by atoms with van der Waals surface area (Å²) in [7, 11) is 0. The third-order valence-electron chi connectivity index (χ3n) is 5.14. The molecule has 0 spiro atoms. The summed E-state index contributed by atoms with van der Waals surface area (Å²) >= 11 is 7.46. The van der Waals surface area contributed by atoms with Crippen LogP contribution in [0.3, 0.4) is 0 Å². The number of nitrogens with zero attached hydrogens (tertiary/aromatic N) is 3. The third-order valence-corrected chi connectivity index (χ3v) is 6.45. The Morgan fingerprint density at radius 2 is 2.00 bits per heavy atom. The molecule has 1 fully saturated rings. The molecule has 2 heterocycles. The molecule has 0 unspecified atom stereocenters. The van der Waals surface area contributed by atoms with E-state index in [4.69, 9.17) is 11.6 Å². The molecule has 0 N–H and O–H groups in total. The molecule has 0 aliphatic carbocycles. The van der Waals surface area contributed by atoms with Gasteiger partial charge in [0.05, 0.1) is 16.2 Å². The second-order valence-corrected chi connectivity index (χ2v) is 9.71. The van der Waals surface area contributed by atoms with E-state index in [1.165, 1.54) is 11.8 Å². The van der Waals surface area contributed by atoms with Crippen molar-refractivity contribution in [1.82, 2.24) is 14.5 Å². The standard InChI is InChI=1S/C21H28ClN3O2S/c1-5-8-25-20(27)17-7-6-16(22)10-18(17)23-21(25)28-15(4)19(26)24-11-13(2)9-14(3)12-24/h6-7,10,13-15H,5,8-9,11-12H2,1-4H3/t13-,14+,15-/m1/s1. The summed E-state index contributed by atoms with van der Waals surface area (Å²) < 4.78 is 1.69. The Morgan fingerprint density at radius 3 is 2.64 bits per heavy atom. The highest BCUT2D eigenvalue weighted by molar-refractivity contribution is 8.00. The Hall–Kier alpha value is -1.53. The van der Waals surface area contributed by atoms with Crippen molar-refractivity contribution in [3.8, 4) is 0 Å². The zero-order chi connectivity index (χ0) is 20.4. The molecule has 1 amide bonds. The fraction of sp³-hybridized carbons (Fsp3) is 0.571. The first-order chi connectivity index (χ1) is 13.3. The lowest BCUT2D eigenvalue weighted by atomic mass is 9.92. The first-order valence-electron chi connectivity index (χ1n) is 9.95. The molecule has 3 rings (SSSR count). The van der Waals surface area contributed by atoms with Gasteiger partial charge in [0.1, 0.15) is 0 Å². The van der Waals surface area contributed by atoms with Crippen molar-refractivity contribution in [1.29, 1.82) is 0 Å². The Balaban J connectivity index is 1.90. The van der Waals surface area contributed by atoms with Gasteiger partial charge in [-0.15, -0.1) is 0 Å². The average Bonchev–Trinajstić information content (AvgIpc) is 2.63. The van der Waals surface area contributed by atoms with Crippen molar-refractivity contribution in [3.05, 3.63) is 33.6 Å². The van der Waals surface area contributed by atoms with Crippen LogP contribution < -0.4 is 5.56 Å². The monoisotopic (exact) mass is 421 g/mol. The molecule has 3 atom stereocenters. The zero-order valence-electron chi connectivity index (χ0n) is 16.9. The molecule has 1 aromatic heterocycles. The predicted molar refractivity (Wildman–Crippen MR) is 116 cm³/mol. The number of carbonyl (C=O) groups excluding carboxylic acids is 1. The van der Waals surface area contributed by atoms with Gasteiger partial charge in [-0.2, -0.15) is 0 Å². The fourth-order valence-corrected chi connectivity index (χ4v) is 5.18. The molecular weight excluding hydrogens is 394 g/mol. The molecular formula is C21H28ClN3O2S. The van der Waals surface area contributed by atoms with Crippen LogP contribution in [0.4, 0.5) is 0 Å². The Bertz CT molecular complexity index is 920. The normalized spacial score (nSPS) is 21.1. The van der Waals surface area contributed by atoms with E-state index in [0.717, 1.165) is 25.9 Å². The lowest BCUT2D eigenvalue weighted by molar-refractivity contribution is -0.132. The van der Waals surface area contributed by atoms with Gasteiger partial charge in [-0.25, -0.2) is 4.98 Å². The number of benzene rings is 1. The number of thioether (sulfide) groups is 1. The molecule has 152 valence electrons. The second kappa shape index (κ2) is 8.87. The number of piperidine rings is 1. The Labute approximate surface area is 175 Å². The quantitative estimate of drug-likeness (QED) is 0.528. The lowest BCUT2D eigenvalue weighted by Crippen LogP contribution is -2.45. The molecule has 1 aromatic carbocycles. The largest absolute Gasteiger partial charge is 0.341 e. The summed E-state index contributed by atoms with van der Waals surface area (Å²) in [6, 6.07) is 5.14. The summed E-state index contributed by atoms with van der Waals surface area (Å²) in [5.74, 6) is 1.15. The Kier molecular flexibility index (Phi) is 6.71. The van der Waals surface area contributed by atoms with Crippen LogP contribution in [0.1, 0.15) is 40.5 Å². The smallest absolute Gasteiger partial charge is 0.262 e. The van der Waals surface area contributed by atoms with Crippen LogP contribution in [0.2, 0.25) is 5.02 Å². The van der Waals surface area contributed by atoms with Gasteiger partial charge in [-0.05, 0) is 49.8 Å². The number of rotatable bonds is 5. The van der Waals surface area contributed by atoms with E-state index in [1.807, 2.05) is 18.7 Å². The van der Waals surface area contributed by atoms with Crippen molar-refractivity contribution in [2.24, 2.45) is 11.8 Å². The second-order valence-electron chi connectivity index (χ2n) is 7.96. The van der Waals surface area contributed by atoms with Gasteiger partial charge in [0.2, 0.25) is 5.91 Å². The number of halogens is 1. The van der Waals surface area contributed by atoms with Gasteiger partial charge in [0, 0.05) is 24.7 Å². The topological polar surface area (TPSA) is 55.2 Å². The van der Waals surface area contributed by atoms with Crippen LogP contribution in [0, 0.1) is 11.8 Å². The van der Waals surface area contributed by atoms with E-state index in [0.29, 0.717) is 39.5 Å². The minimum atomic E-state index is -0.302. The number of likely N-dealkylation sites (tertiary alicyclic amines) is 1. The molecule has 1 aliphatic rings. The van der Waals surface area contributed by atoms with E-state index in [9.17, 15) is 9.59 Å². The fourth-order valence-electron chi connectivity index (χ4n) is 3.99. The van der Waals surface area contributed by atoms with Crippen LogP contribution in [0.15, 0.2) is 28.2 Å². The summed E-state index contributed by atoms with van der Waals surface area (Å²) in [5, 5.41) is 1.38. The van der Waals surface area contributed by atoms with Gasteiger partial charge >= 0.3 is 0 Å². The average molecular weight is 422 g/mol. The SMILES string of the molecule is CCCn1c(S[C@H](C)C(=O)N2C[C@H](C)C[C@H](C)C2)nc2cc(Cl)ccc2c1=O. The minimum absolute atomic E-state index is 0.0779. The van der Waals surface area contributed by atoms with Crippen LogP contribution in [-0.4, -0.2) is 38.7 Å². The predicted octanol–water partition coefficient (Wildman–Crippen LogP) is 4.45. The number of hydrogen-bond acceptors (Lipinski definition) is 4. The van der Waals surface area contributed by atoms with E-state index in [-0.39, 0.29) is 16.7 Å². The molecule has 2 aromatic rings. The van der Waals surface area contributed by atoms with E-state index >= 15 is 0 Å². The van der Waals surface area contributed by atoms with Crippen molar-refractivity contribution in [2.75, 3.05) is 13.1 Å². The number of carbonyl (C=O) groups is 1. The number of aromatic nitrogens is 2. The summed E-state index contributed by atoms with van der Waals surface area (Å²) in [4.78, 5) is 32.6. The number of hydrogen-bond donors (Lipinski definition) is 0. The molecule has 28 heavy (non-hydrogen) atoms. The molecule has 0 radical (unpaired) electrons. The van der Waals surface area contributed by atoms with E-state index < -0.39 is 0 Å². The summed E-state index contributed by atoms with van der Waals surface area (Å²) in [6.07, 6.45) is 1.98. The maximum atomic E-state index is 13.0. The van der Waals surface area contributed by atoms with Crippen LogP contribution >= 0.6 is 23.4 Å². The van der Waals surface area contributed by atoms with Crippen molar-refractivity contribution >= 4 is 40.2 Å². The first kappa shape index (κ1) is 21.2. The van der Waals surface area contributed by atoms with Crippen molar-refractivity contribution in [2.45, 2.75) is 57.5 Å². The molecule has 0 saturated carbocycles. The highest BCUT2D eigenvalue weighted by Crippen LogP contribution is 2.28. The molecule has 1 aliphatic heterocycles. The zero-order valence-corrected chi connectivity index (χ0v) is 18.5. The van der Waals surface area contributed by atoms with E-state index in [2.05, 4.69) is 18.8 Å². The van der Waals surface area contributed by atoms with Crippen molar-refractivity contribution in [3.63, 3.8) is 0 Å². The Morgan fingerprint density at radius 1 is 1.32 bits per heavy atom. The highest BCUT2D eigenvalue weighted by Gasteiger charge is 2.29. The summed E-state index contributed by atoms with van der Waals surface area (Å²) in [5.41, 5.74) is 0.498. The summed E-state index contributed by atoms with van der Waals surface area (Å²) in [6.45, 7) is 10.5. The van der Waals surface area contributed by atoms with Gasteiger partial charge in [-0.1, -0.05) is 44.1 Å². The van der Waals surface area contributed by atoms with Gasteiger partial charge in [-0.3, -0.25) is 14.2 Å². The highest BCUT2D eigenvalue weighted by atomic mass is 35.5. The molecule has 0 bridgehead atoms. The first-order valence-corrected chi connectivity index (χ1v) is 11.2. The van der Waals surface area contributed by atoms with Gasteiger partial charge in [0.25, 0.3) is 5.56 Å². The maximum absolute atomic E-state index is 13.0. The van der Waals surface area contributed by atoms with Crippen LogP contribution in [-0.2, 0) is 11.3 Å². The van der Waals surface area contributed by atoms with Gasteiger partial charge < -0.3 is 4.90 Å². The third kappa shape index (κ3) is 4.54. The maximum Gasteiger partial charge on any atom is 0.262 e. The number of fused-ring (bicyclic) bond motifs is 1. The molecule has 7 heteroatoms. The van der Waals surface area contributed by atoms with Crippen LogP contribution in [0.25, 0.3) is 10.9 Å². The van der Waals surface area contributed by atoms with E-state index in [1.54, 1.807) is 22.8 Å². The van der Waals surface area contributed by atoms with Gasteiger partial charge in [0.15, 0.2) is 5.16 Å². The van der Waals surface area contributed by atoms with Crippen molar-refractivity contribution < 1.29 is 4.79 Å². The molecule has 1 saturated heterocycles. The molecule has 5 nitrogen and oxygen atoms in total. The minimum Gasteiger partial charge on any atom is -0.341 e.